The van der Waals surface area contributed by atoms with E-state index in [1.165, 1.54) is 5.56 Å². The van der Waals surface area contributed by atoms with Crippen molar-refractivity contribution in [2.75, 3.05) is 7.05 Å². The van der Waals surface area contributed by atoms with Gasteiger partial charge in [-0.25, -0.2) is 4.98 Å². The maximum Gasteiger partial charge on any atom is 0.191 e. The van der Waals surface area contributed by atoms with E-state index in [-0.39, 0.29) is 24.0 Å². The van der Waals surface area contributed by atoms with Crippen LogP contribution in [0.4, 0.5) is 0 Å². The Morgan fingerprint density at radius 2 is 2.09 bits per heavy atom. The topological polar surface area (TPSA) is 78.2 Å². The number of aryl methyl sites for hydroxylation is 1. The van der Waals surface area contributed by atoms with E-state index in [1.807, 2.05) is 18.2 Å². The van der Waals surface area contributed by atoms with Crippen LogP contribution in [-0.4, -0.2) is 23.0 Å². The average molecular weight is 425 g/mol. The van der Waals surface area contributed by atoms with Gasteiger partial charge in [-0.1, -0.05) is 6.07 Å². The van der Waals surface area contributed by atoms with E-state index in [0.29, 0.717) is 19.0 Å². The third-order valence-corrected chi connectivity index (χ3v) is 3.34. The number of rotatable bonds is 4. The van der Waals surface area contributed by atoms with Crippen molar-refractivity contribution >= 4 is 41.0 Å². The summed E-state index contributed by atoms with van der Waals surface area (Å²) in [6.45, 7) is 3.23. The molecule has 0 fully saturated rings. The highest BCUT2D eigenvalue weighted by Crippen LogP contribution is 2.13. The van der Waals surface area contributed by atoms with Crippen molar-refractivity contribution in [2.45, 2.75) is 20.0 Å². The molecule has 0 atom stereocenters. The van der Waals surface area contributed by atoms with Crippen LogP contribution in [0.25, 0.3) is 11.0 Å². The van der Waals surface area contributed by atoms with Crippen LogP contribution in [0.3, 0.4) is 0 Å². The quantitative estimate of drug-likeness (QED) is 0.341. The minimum atomic E-state index is 0. The fourth-order valence-electron chi connectivity index (χ4n) is 2.23. The summed E-state index contributed by atoms with van der Waals surface area (Å²) >= 11 is 0. The Labute approximate surface area is 151 Å². The van der Waals surface area contributed by atoms with Crippen LogP contribution in [0.1, 0.15) is 17.1 Å². The summed E-state index contributed by atoms with van der Waals surface area (Å²) in [5.74, 6) is 2.44. The normalized spacial score (nSPS) is 11.3. The molecule has 7 heteroatoms. The van der Waals surface area contributed by atoms with Gasteiger partial charge in [-0.2, -0.15) is 0 Å². The van der Waals surface area contributed by atoms with Crippen LogP contribution in [0.15, 0.2) is 46.0 Å². The molecule has 0 unspecified atom stereocenters. The molecule has 3 rings (SSSR count). The molecule has 0 spiro atoms. The zero-order valence-electron chi connectivity index (χ0n) is 13.1. The highest BCUT2D eigenvalue weighted by atomic mass is 127. The lowest BCUT2D eigenvalue weighted by Gasteiger charge is -2.09. The predicted octanol–water partition coefficient (Wildman–Crippen LogP) is 2.95. The number of hydrogen-bond donors (Lipinski definition) is 3. The molecule has 0 aliphatic rings. The molecule has 0 bridgehead atoms. The molecule has 2 aromatic heterocycles. The molecule has 1 aromatic carbocycles. The summed E-state index contributed by atoms with van der Waals surface area (Å²) in [6.07, 6.45) is 1.66. The van der Waals surface area contributed by atoms with E-state index in [0.717, 1.165) is 22.6 Å². The molecule has 0 saturated heterocycles. The molecule has 122 valence electrons. The number of aliphatic imine (C=N–C) groups is 1. The SMILES string of the molecule is CN=C(NCc1nc2ccc(C)cc2[nH]1)NCc1ccco1.I. The minimum Gasteiger partial charge on any atom is -0.467 e. The molecule has 3 N–H and O–H groups in total. The number of nitrogens with one attached hydrogen (secondary N) is 3. The lowest BCUT2D eigenvalue weighted by Crippen LogP contribution is -2.36. The van der Waals surface area contributed by atoms with Crippen molar-refractivity contribution in [2.24, 2.45) is 4.99 Å². The number of imidazole rings is 1. The van der Waals surface area contributed by atoms with Gasteiger partial charge >= 0.3 is 0 Å². The van der Waals surface area contributed by atoms with Gasteiger partial charge in [-0.15, -0.1) is 24.0 Å². The molecular weight excluding hydrogens is 405 g/mol. The van der Waals surface area contributed by atoms with Gasteiger partial charge in [0.1, 0.15) is 11.6 Å². The van der Waals surface area contributed by atoms with E-state index in [4.69, 9.17) is 4.42 Å². The molecule has 23 heavy (non-hydrogen) atoms. The van der Waals surface area contributed by atoms with E-state index in [9.17, 15) is 0 Å². The molecular formula is C16H20IN5O. The Bertz CT molecular complexity index is 779. The van der Waals surface area contributed by atoms with Gasteiger partial charge < -0.3 is 20.0 Å². The Morgan fingerprint density at radius 1 is 1.26 bits per heavy atom. The highest BCUT2D eigenvalue weighted by Gasteiger charge is 2.04. The third-order valence-electron chi connectivity index (χ3n) is 3.34. The maximum atomic E-state index is 5.28. The lowest BCUT2D eigenvalue weighted by atomic mass is 10.2. The number of H-pyrrole nitrogens is 1. The first-order chi connectivity index (χ1) is 10.7. The van der Waals surface area contributed by atoms with Crippen LogP contribution in [0, 0.1) is 6.92 Å². The van der Waals surface area contributed by atoms with Crippen LogP contribution in [-0.2, 0) is 13.1 Å². The Hall–Kier alpha value is -2.03. The standard InChI is InChI=1S/C16H19N5O.HI/c1-11-5-6-13-14(8-11)21-15(20-13)10-19-16(17-2)18-9-12-4-3-7-22-12;/h3-8H,9-10H2,1-2H3,(H,20,21)(H2,17,18,19);1H. The summed E-state index contributed by atoms with van der Waals surface area (Å²) in [5.41, 5.74) is 3.24. The van der Waals surface area contributed by atoms with Gasteiger partial charge in [0.05, 0.1) is 30.4 Å². The first-order valence-electron chi connectivity index (χ1n) is 7.17. The van der Waals surface area contributed by atoms with Gasteiger partial charge in [0.15, 0.2) is 5.96 Å². The van der Waals surface area contributed by atoms with Crippen molar-refractivity contribution in [3.8, 4) is 0 Å². The van der Waals surface area contributed by atoms with Crippen molar-refractivity contribution in [3.63, 3.8) is 0 Å². The average Bonchev–Trinajstić information content (AvgIpc) is 3.16. The second-order valence-corrected chi connectivity index (χ2v) is 5.06. The first kappa shape index (κ1) is 17.3. The zero-order chi connectivity index (χ0) is 15.4. The number of benzene rings is 1. The summed E-state index contributed by atoms with van der Waals surface area (Å²) in [6, 6.07) is 9.96. The van der Waals surface area contributed by atoms with E-state index in [1.54, 1.807) is 13.3 Å². The van der Waals surface area contributed by atoms with Crippen molar-refractivity contribution in [1.82, 2.24) is 20.6 Å². The van der Waals surface area contributed by atoms with Gasteiger partial charge in [-0.3, -0.25) is 4.99 Å². The maximum absolute atomic E-state index is 5.28. The van der Waals surface area contributed by atoms with Crippen molar-refractivity contribution < 1.29 is 4.42 Å². The van der Waals surface area contributed by atoms with Gasteiger partial charge in [0.2, 0.25) is 0 Å². The van der Waals surface area contributed by atoms with E-state index >= 15 is 0 Å². The number of aromatic nitrogens is 2. The number of nitrogens with zero attached hydrogens (tertiary/aromatic N) is 2. The predicted molar refractivity (Wildman–Crippen MR) is 102 cm³/mol. The summed E-state index contributed by atoms with van der Waals surface area (Å²) < 4.78 is 5.28. The van der Waals surface area contributed by atoms with Crippen LogP contribution in [0.5, 0.6) is 0 Å². The van der Waals surface area contributed by atoms with Crippen LogP contribution in [0.2, 0.25) is 0 Å². The van der Waals surface area contributed by atoms with Crippen molar-refractivity contribution in [3.05, 3.63) is 53.7 Å². The Morgan fingerprint density at radius 3 is 2.83 bits per heavy atom. The van der Waals surface area contributed by atoms with Gasteiger partial charge in [0.25, 0.3) is 0 Å². The second-order valence-electron chi connectivity index (χ2n) is 5.06. The van der Waals surface area contributed by atoms with Crippen molar-refractivity contribution in [1.29, 1.82) is 0 Å². The zero-order valence-corrected chi connectivity index (χ0v) is 15.4. The largest absolute Gasteiger partial charge is 0.467 e. The van der Waals surface area contributed by atoms with E-state index in [2.05, 4.69) is 44.7 Å². The second kappa shape index (κ2) is 8.00. The fraction of sp³-hybridized carbons (Fsp3) is 0.250. The lowest BCUT2D eigenvalue weighted by molar-refractivity contribution is 0.501. The molecule has 0 aliphatic carbocycles. The number of aromatic amines is 1. The molecule has 2 heterocycles. The van der Waals surface area contributed by atoms with E-state index < -0.39 is 0 Å². The van der Waals surface area contributed by atoms with Gasteiger partial charge in [0, 0.05) is 7.05 Å². The summed E-state index contributed by atoms with van der Waals surface area (Å²) in [5, 5.41) is 6.42. The molecule has 3 aromatic rings. The van der Waals surface area contributed by atoms with Gasteiger partial charge in [-0.05, 0) is 36.8 Å². The summed E-state index contributed by atoms with van der Waals surface area (Å²) in [4.78, 5) is 12.0. The number of fused-ring (bicyclic) bond motifs is 1. The third kappa shape index (κ3) is 4.47. The molecule has 6 nitrogen and oxygen atoms in total. The molecule has 0 amide bonds. The molecule has 0 radical (unpaired) electrons. The number of halogens is 1. The number of guanidine groups is 1. The Balaban J connectivity index is 0.00000192. The summed E-state index contributed by atoms with van der Waals surface area (Å²) in [7, 11) is 1.74. The highest BCUT2D eigenvalue weighted by molar-refractivity contribution is 14.0. The monoisotopic (exact) mass is 425 g/mol. The van der Waals surface area contributed by atoms with Crippen LogP contribution >= 0.6 is 24.0 Å². The fourth-order valence-corrected chi connectivity index (χ4v) is 2.23. The first-order valence-corrected chi connectivity index (χ1v) is 7.17. The molecule has 0 aliphatic heterocycles. The Kier molecular flexibility index (Phi) is 6.03. The number of furan rings is 1. The molecule has 0 saturated carbocycles. The minimum absolute atomic E-state index is 0. The van der Waals surface area contributed by atoms with Crippen LogP contribution < -0.4 is 10.6 Å². The number of hydrogen-bond acceptors (Lipinski definition) is 3. The smallest absolute Gasteiger partial charge is 0.191 e.